The van der Waals surface area contributed by atoms with E-state index in [1.54, 1.807) is 18.2 Å². The number of rotatable bonds is 5. The lowest BCUT2D eigenvalue weighted by Crippen LogP contribution is -2.34. The van der Waals surface area contributed by atoms with Crippen molar-refractivity contribution < 1.29 is 26.7 Å². The number of pyridine rings is 1. The highest BCUT2D eigenvalue weighted by molar-refractivity contribution is 6.30. The summed E-state index contributed by atoms with van der Waals surface area (Å²) in [6, 6.07) is 10.0. The van der Waals surface area contributed by atoms with Gasteiger partial charge in [-0.25, -0.2) is 14.2 Å². The largest absolute Gasteiger partial charge is 0.416 e. The van der Waals surface area contributed by atoms with Crippen LogP contribution in [0.1, 0.15) is 27.9 Å². The first-order valence-electron chi connectivity index (χ1n) is 12.1. The zero-order valence-electron chi connectivity index (χ0n) is 20.4. The molecule has 1 amide bonds. The van der Waals surface area contributed by atoms with Gasteiger partial charge in [0.25, 0.3) is 0 Å². The SMILES string of the molecule is O=C(NCc1ccnc(F)c1)n1c2c(c3cc(C(F)(F)F)ccc31)CN(C/C=C/c1ccc(Cl)c(F)c1)CC2. The lowest BCUT2D eigenvalue weighted by atomic mass is 10.0. The smallest absolute Gasteiger partial charge is 0.333 e. The monoisotopic (exact) mass is 560 g/mol. The van der Waals surface area contributed by atoms with Gasteiger partial charge in [0.15, 0.2) is 0 Å². The Morgan fingerprint density at radius 3 is 2.67 bits per heavy atom. The Morgan fingerprint density at radius 2 is 1.92 bits per heavy atom. The number of nitrogens with one attached hydrogen (secondary N) is 1. The van der Waals surface area contributed by atoms with Gasteiger partial charge in [-0.3, -0.25) is 9.47 Å². The molecule has 5 rings (SSSR count). The normalized spacial score (nSPS) is 14.2. The summed E-state index contributed by atoms with van der Waals surface area (Å²) in [5.41, 5.74) is 1.96. The number of amides is 1. The van der Waals surface area contributed by atoms with E-state index in [1.165, 1.54) is 35.0 Å². The summed E-state index contributed by atoms with van der Waals surface area (Å²) in [6.45, 7) is 1.37. The van der Waals surface area contributed by atoms with E-state index in [9.17, 15) is 26.7 Å². The molecule has 11 heteroatoms. The van der Waals surface area contributed by atoms with E-state index in [2.05, 4.69) is 10.3 Å². The molecular formula is C28H22ClF5N4O. The third-order valence-corrected chi connectivity index (χ3v) is 6.92. The molecule has 2 aromatic carbocycles. The highest BCUT2D eigenvalue weighted by atomic mass is 35.5. The lowest BCUT2D eigenvalue weighted by molar-refractivity contribution is -0.137. The minimum absolute atomic E-state index is 0.0234. The third kappa shape index (κ3) is 5.81. The van der Waals surface area contributed by atoms with Crippen molar-refractivity contribution in [2.24, 2.45) is 0 Å². The van der Waals surface area contributed by atoms with Gasteiger partial charge in [0, 0.05) is 49.9 Å². The fourth-order valence-corrected chi connectivity index (χ4v) is 4.86. The Hall–Kier alpha value is -3.76. The fourth-order valence-electron chi connectivity index (χ4n) is 4.74. The number of halogens is 6. The van der Waals surface area contributed by atoms with Crippen molar-refractivity contribution in [1.82, 2.24) is 19.8 Å². The molecule has 1 aliphatic heterocycles. The van der Waals surface area contributed by atoms with Gasteiger partial charge in [0.1, 0.15) is 5.82 Å². The van der Waals surface area contributed by atoms with Crippen LogP contribution in [0.3, 0.4) is 0 Å². The summed E-state index contributed by atoms with van der Waals surface area (Å²) in [4.78, 5) is 18.8. The average Bonchev–Trinajstić information content (AvgIpc) is 3.22. The van der Waals surface area contributed by atoms with Crippen LogP contribution in [0.15, 0.2) is 60.8 Å². The molecule has 0 radical (unpaired) electrons. The number of nitrogens with zero attached hydrogens (tertiary/aromatic N) is 3. The van der Waals surface area contributed by atoms with Crippen LogP contribution >= 0.6 is 11.6 Å². The van der Waals surface area contributed by atoms with Gasteiger partial charge in [-0.15, -0.1) is 0 Å². The average molecular weight is 561 g/mol. The first kappa shape index (κ1) is 26.8. The maximum absolute atomic E-state index is 13.7. The van der Waals surface area contributed by atoms with Crippen molar-refractivity contribution >= 4 is 34.6 Å². The molecule has 0 atom stereocenters. The van der Waals surface area contributed by atoms with Crippen molar-refractivity contribution in [2.45, 2.75) is 25.7 Å². The van der Waals surface area contributed by atoms with Gasteiger partial charge < -0.3 is 5.32 Å². The molecule has 0 unspecified atom stereocenters. The van der Waals surface area contributed by atoms with Crippen LogP contribution in [-0.4, -0.2) is 33.6 Å². The number of benzene rings is 2. The molecule has 4 aromatic rings. The quantitative estimate of drug-likeness (QED) is 0.215. The summed E-state index contributed by atoms with van der Waals surface area (Å²) in [5, 5.41) is 3.11. The zero-order chi connectivity index (χ0) is 27.7. The number of aromatic nitrogens is 2. The van der Waals surface area contributed by atoms with Gasteiger partial charge in [0.2, 0.25) is 5.95 Å². The number of carbonyl (C=O) groups excluding carboxylic acids is 1. The van der Waals surface area contributed by atoms with Crippen molar-refractivity contribution in [1.29, 1.82) is 0 Å². The predicted molar refractivity (Wildman–Crippen MR) is 138 cm³/mol. The predicted octanol–water partition coefficient (Wildman–Crippen LogP) is 6.82. The minimum atomic E-state index is -4.54. The van der Waals surface area contributed by atoms with Gasteiger partial charge in [-0.2, -0.15) is 17.6 Å². The maximum Gasteiger partial charge on any atom is 0.416 e. The number of hydrogen-bond acceptors (Lipinski definition) is 3. The zero-order valence-corrected chi connectivity index (χ0v) is 21.2. The molecule has 0 spiro atoms. The number of alkyl halides is 3. The third-order valence-electron chi connectivity index (χ3n) is 6.61. The number of hydrogen-bond donors (Lipinski definition) is 1. The van der Waals surface area contributed by atoms with Crippen LogP contribution in [-0.2, 0) is 25.7 Å². The molecule has 5 nitrogen and oxygen atoms in total. The van der Waals surface area contributed by atoms with Crippen LogP contribution < -0.4 is 5.32 Å². The molecule has 0 saturated heterocycles. The molecule has 202 valence electrons. The van der Waals surface area contributed by atoms with Crippen molar-refractivity contribution in [3.63, 3.8) is 0 Å². The summed E-state index contributed by atoms with van der Waals surface area (Å²) in [5.74, 6) is -1.21. The van der Waals surface area contributed by atoms with E-state index in [0.29, 0.717) is 59.3 Å². The van der Waals surface area contributed by atoms with E-state index >= 15 is 0 Å². The molecule has 0 fully saturated rings. The second kappa shape index (κ2) is 10.8. The van der Waals surface area contributed by atoms with Crippen LogP contribution in [0, 0.1) is 11.8 Å². The van der Waals surface area contributed by atoms with Crippen LogP contribution in [0.2, 0.25) is 5.02 Å². The second-order valence-electron chi connectivity index (χ2n) is 9.20. The Kier molecular flexibility index (Phi) is 7.42. The van der Waals surface area contributed by atoms with Gasteiger partial charge >= 0.3 is 12.2 Å². The molecule has 3 heterocycles. The van der Waals surface area contributed by atoms with Crippen LogP contribution in [0.5, 0.6) is 0 Å². The van der Waals surface area contributed by atoms with Crippen molar-refractivity contribution in [2.75, 3.05) is 13.1 Å². The lowest BCUT2D eigenvalue weighted by Gasteiger charge is -2.27. The molecule has 2 aromatic heterocycles. The highest BCUT2D eigenvalue weighted by Crippen LogP contribution is 2.36. The Bertz CT molecular complexity index is 1580. The first-order valence-corrected chi connectivity index (χ1v) is 12.4. The number of fused-ring (bicyclic) bond motifs is 3. The summed E-state index contributed by atoms with van der Waals surface area (Å²) >= 11 is 5.73. The van der Waals surface area contributed by atoms with E-state index in [-0.39, 0.29) is 11.6 Å². The maximum atomic E-state index is 13.7. The van der Waals surface area contributed by atoms with E-state index < -0.39 is 29.5 Å². The van der Waals surface area contributed by atoms with E-state index in [4.69, 9.17) is 11.6 Å². The molecule has 1 N–H and O–H groups in total. The first-order chi connectivity index (χ1) is 18.6. The fraction of sp³-hybridized carbons (Fsp3) is 0.214. The van der Waals surface area contributed by atoms with Gasteiger partial charge in [-0.05, 0) is 59.2 Å². The summed E-state index contributed by atoms with van der Waals surface area (Å²) < 4.78 is 69.2. The second-order valence-corrected chi connectivity index (χ2v) is 9.60. The highest BCUT2D eigenvalue weighted by Gasteiger charge is 2.33. The van der Waals surface area contributed by atoms with Crippen LogP contribution in [0.4, 0.5) is 26.7 Å². The Balaban J connectivity index is 1.42. The number of carbonyl (C=O) groups is 1. The molecular weight excluding hydrogens is 539 g/mol. The molecule has 0 saturated carbocycles. The molecule has 1 aliphatic rings. The molecule has 0 bridgehead atoms. The van der Waals surface area contributed by atoms with Crippen LogP contribution in [0.25, 0.3) is 17.0 Å². The van der Waals surface area contributed by atoms with E-state index in [0.717, 1.165) is 12.1 Å². The van der Waals surface area contributed by atoms with E-state index in [1.807, 2.05) is 11.0 Å². The standard InChI is InChI=1S/C28H22ClF5N4O/c29-22-5-3-17(12-23(22)30)2-1-10-37-11-8-25-21(16-37)20-14-19(28(32,33)34)4-6-24(20)38(25)27(39)36-15-18-7-9-35-26(31)13-18/h1-7,9,12-14H,8,10-11,15-16H2,(H,36,39)/b2-1+. The van der Waals surface area contributed by atoms with Gasteiger partial charge in [-0.1, -0.05) is 29.8 Å². The van der Waals surface area contributed by atoms with Gasteiger partial charge in [0.05, 0.1) is 16.1 Å². The van der Waals surface area contributed by atoms with Crippen molar-refractivity contribution in [3.05, 3.63) is 106 Å². The Labute approximate surface area is 225 Å². The minimum Gasteiger partial charge on any atom is -0.333 e. The summed E-state index contributed by atoms with van der Waals surface area (Å²) in [6.07, 6.45) is 0.757. The summed E-state index contributed by atoms with van der Waals surface area (Å²) in [7, 11) is 0. The molecule has 39 heavy (non-hydrogen) atoms. The van der Waals surface area contributed by atoms with Crippen molar-refractivity contribution in [3.8, 4) is 0 Å². The molecule has 0 aliphatic carbocycles. The topological polar surface area (TPSA) is 50.2 Å². The Morgan fingerprint density at radius 1 is 1.10 bits per heavy atom.